The largest absolute Gasteiger partial charge is 0.482 e. The highest BCUT2D eigenvalue weighted by Crippen LogP contribution is 2.23. The van der Waals surface area contributed by atoms with E-state index < -0.39 is 0 Å². The average Bonchev–Trinajstić information content (AvgIpc) is 2.57. The van der Waals surface area contributed by atoms with Crippen molar-refractivity contribution in [2.45, 2.75) is 39.5 Å². The zero-order valence-corrected chi connectivity index (χ0v) is 15.2. The number of hydrogen-bond acceptors (Lipinski definition) is 4. The van der Waals surface area contributed by atoms with Crippen molar-refractivity contribution in [3.63, 3.8) is 0 Å². The lowest BCUT2D eigenvalue weighted by molar-refractivity contribution is -0.144. The van der Waals surface area contributed by atoms with E-state index in [2.05, 4.69) is 6.92 Å². The predicted octanol–water partition coefficient (Wildman–Crippen LogP) is 3.69. The van der Waals surface area contributed by atoms with Gasteiger partial charge >= 0.3 is 5.97 Å². The molecule has 0 aliphatic carbocycles. The Hall–Kier alpha value is -1.75. The van der Waals surface area contributed by atoms with Crippen molar-refractivity contribution in [3.05, 3.63) is 29.3 Å². The lowest BCUT2D eigenvalue weighted by Gasteiger charge is -2.22. The molecule has 0 radical (unpaired) electrons. The van der Waals surface area contributed by atoms with Crippen LogP contribution in [0.25, 0.3) is 0 Å². The van der Waals surface area contributed by atoms with Gasteiger partial charge in [0.05, 0.1) is 18.1 Å². The number of rotatable bonds is 11. The maximum Gasteiger partial charge on any atom is 0.307 e. The van der Waals surface area contributed by atoms with Gasteiger partial charge in [0.25, 0.3) is 5.91 Å². The minimum absolute atomic E-state index is 0.0985. The van der Waals surface area contributed by atoms with Crippen LogP contribution in [0, 0.1) is 0 Å². The molecule has 0 unspecified atom stereocenters. The zero-order chi connectivity index (χ0) is 17.8. The van der Waals surface area contributed by atoms with Gasteiger partial charge in [0.15, 0.2) is 6.61 Å². The molecular formula is C18H26ClNO4. The Labute approximate surface area is 148 Å². The molecule has 5 nitrogen and oxygen atoms in total. The van der Waals surface area contributed by atoms with Gasteiger partial charge in [-0.15, -0.1) is 0 Å². The summed E-state index contributed by atoms with van der Waals surface area (Å²) >= 11 is 6.02. The third-order valence-electron chi connectivity index (χ3n) is 3.46. The molecule has 0 heterocycles. The second kappa shape index (κ2) is 11.7. The van der Waals surface area contributed by atoms with Gasteiger partial charge in [-0.25, -0.2) is 0 Å². The highest BCUT2D eigenvalue weighted by Gasteiger charge is 2.16. The van der Waals surface area contributed by atoms with Gasteiger partial charge in [-0.05, 0) is 25.5 Å². The molecule has 1 aromatic carbocycles. The third kappa shape index (κ3) is 7.68. The number of para-hydroxylation sites is 1. The van der Waals surface area contributed by atoms with Crippen molar-refractivity contribution < 1.29 is 19.1 Å². The molecule has 0 bridgehead atoms. The number of benzene rings is 1. The summed E-state index contributed by atoms with van der Waals surface area (Å²) in [5, 5.41) is 0.467. The van der Waals surface area contributed by atoms with Crippen molar-refractivity contribution in [1.29, 1.82) is 0 Å². The monoisotopic (exact) mass is 355 g/mol. The molecule has 0 aromatic heterocycles. The molecule has 1 aromatic rings. The van der Waals surface area contributed by atoms with E-state index in [1.54, 1.807) is 36.1 Å². The van der Waals surface area contributed by atoms with Crippen molar-refractivity contribution in [1.82, 2.24) is 4.90 Å². The van der Waals surface area contributed by atoms with Gasteiger partial charge in [0, 0.05) is 13.1 Å². The molecule has 0 saturated heterocycles. The molecule has 0 saturated carbocycles. The highest BCUT2D eigenvalue weighted by molar-refractivity contribution is 6.32. The van der Waals surface area contributed by atoms with E-state index in [0.717, 1.165) is 19.3 Å². The van der Waals surface area contributed by atoms with E-state index in [-0.39, 0.29) is 24.9 Å². The van der Waals surface area contributed by atoms with Gasteiger partial charge in [-0.1, -0.05) is 43.5 Å². The lowest BCUT2D eigenvalue weighted by atomic mass is 10.2. The molecular weight excluding hydrogens is 330 g/mol. The molecule has 134 valence electrons. The first-order chi connectivity index (χ1) is 11.6. The minimum Gasteiger partial charge on any atom is -0.482 e. The lowest BCUT2D eigenvalue weighted by Crippen LogP contribution is -2.37. The van der Waals surface area contributed by atoms with Crippen molar-refractivity contribution >= 4 is 23.5 Å². The van der Waals surface area contributed by atoms with Crippen LogP contribution in [0.4, 0.5) is 0 Å². The summed E-state index contributed by atoms with van der Waals surface area (Å²) in [5.41, 5.74) is 0. The minimum atomic E-state index is -0.294. The second-order valence-electron chi connectivity index (χ2n) is 5.36. The summed E-state index contributed by atoms with van der Waals surface area (Å²) in [4.78, 5) is 25.6. The Morgan fingerprint density at radius 1 is 1.12 bits per heavy atom. The van der Waals surface area contributed by atoms with Gasteiger partial charge in [0.1, 0.15) is 5.75 Å². The number of amides is 1. The van der Waals surface area contributed by atoms with Crippen LogP contribution in [0.1, 0.15) is 39.5 Å². The second-order valence-corrected chi connectivity index (χ2v) is 5.77. The topological polar surface area (TPSA) is 55.8 Å². The molecule has 6 heteroatoms. The Morgan fingerprint density at radius 3 is 2.54 bits per heavy atom. The van der Waals surface area contributed by atoms with Gasteiger partial charge in [-0.2, -0.15) is 0 Å². The molecule has 0 fully saturated rings. The maximum atomic E-state index is 12.4. The number of esters is 1. The molecule has 1 rings (SSSR count). The molecule has 24 heavy (non-hydrogen) atoms. The Morgan fingerprint density at radius 2 is 1.88 bits per heavy atom. The number of hydrogen-bond donors (Lipinski definition) is 0. The standard InChI is InChI=1S/C18H26ClNO4/c1-3-5-8-12-20(13-11-18(22)23-4-2)17(21)14-24-16-10-7-6-9-15(16)19/h6-7,9-10H,3-5,8,11-14H2,1-2H3. The maximum absolute atomic E-state index is 12.4. The summed E-state index contributed by atoms with van der Waals surface area (Å²) in [5.74, 6) is 0.0274. The molecule has 0 aliphatic heterocycles. The van der Waals surface area contributed by atoms with Crippen LogP contribution in [0.15, 0.2) is 24.3 Å². The van der Waals surface area contributed by atoms with Crippen LogP contribution in [-0.2, 0) is 14.3 Å². The van der Waals surface area contributed by atoms with Crippen LogP contribution < -0.4 is 4.74 Å². The van der Waals surface area contributed by atoms with Gasteiger partial charge in [-0.3, -0.25) is 9.59 Å². The summed E-state index contributed by atoms with van der Waals surface area (Å²) in [6, 6.07) is 7.02. The number of ether oxygens (including phenoxy) is 2. The Kier molecular flexibility index (Phi) is 9.92. The molecule has 0 aliphatic rings. The summed E-state index contributed by atoms with van der Waals surface area (Å²) in [6.45, 7) is 5.06. The van der Waals surface area contributed by atoms with E-state index in [4.69, 9.17) is 21.1 Å². The molecule has 0 atom stereocenters. The van der Waals surface area contributed by atoms with Crippen LogP contribution in [0.5, 0.6) is 5.75 Å². The van der Waals surface area contributed by atoms with Crippen LogP contribution in [0.3, 0.4) is 0 Å². The first-order valence-electron chi connectivity index (χ1n) is 8.39. The van der Waals surface area contributed by atoms with Gasteiger partial charge in [0.2, 0.25) is 0 Å². The van der Waals surface area contributed by atoms with Crippen LogP contribution >= 0.6 is 11.6 Å². The van der Waals surface area contributed by atoms with E-state index >= 15 is 0 Å². The number of unbranched alkanes of at least 4 members (excludes halogenated alkanes) is 2. The number of carbonyl (C=O) groups is 2. The Bertz CT molecular complexity index is 521. The highest BCUT2D eigenvalue weighted by atomic mass is 35.5. The van der Waals surface area contributed by atoms with Crippen LogP contribution in [-0.4, -0.2) is 43.1 Å². The van der Waals surface area contributed by atoms with Crippen molar-refractivity contribution in [2.24, 2.45) is 0 Å². The predicted molar refractivity (Wildman–Crippen MR) is 94.3 cm³/mol. The van der Waals surface area contributed by atoms with E-state index in [0.29, 0.717) is 30.5 Å². The molecule has 0 N–H and O–H groups in total. The van der Waals surface area contributed by atoms with E-state index in [9.17, 15) is 9.59 Å². The van der Waals surface area contributed by atoms with Crippen LogP contribution in [0.2, 0.25) is 5.02 Å². The normalized spacial score (nSPS) is 10.3. The number of halogens is 1. The van der Waals surface area contributed by atoms with Crippen molar-refractivity contribution in [3.8, 4) is 5.75 Å². The Balaban J connectivity index is 2.54. The number of nitrogens with zero attached hydrogens (tertiary/aromatic N) is 1. The van der Waals surface area contributed by atoms with Gasteiger partial charge < -0.3 is 14.4 Å². The summed E-state index contributed by atoms with van der Waals surface area (Å²) < 4.78 is 10.4. The molecule has 1 amide bonds. The first kappa shape index (κ1) is 20.3. The quantitative estimate of drug-likeness (QED) is 0.448. The first-order valence-corrected chi connectivity index (χ1v) is 8.77. The third-order valence-corrected chi connectivity index (χ3v) is 3.78. The smallest absolute Gasteiger partial charge is 0.307 e. The fourth-order valence-electron chi connectivity index (χ4n) is 2.17. The molecule has 0 spiro atoms. The fourth-order valence-corrected chi connectivity index (χ4v) is 2.36. The SMILES string of the molecule is CCCCCN(CCC(=O)OCC)C(=O)COc1ccccc1Cl. The van der Waals surface area contributed by atoms with E-state index in [1.165, 1.54) is 0 Å². The number of carbonyl (C=O) groups excluding carboxylic acids is 2. The average molecular weight is 356 g/mol. The van der Waals surface area contributed by atoms with Crippen molar-refractivity contribution in [2.75, 3.05) is 26.3 Å². The summed E-state index contributed by atoms with van der Waals surface area (Å²) in [6.07, 6.45) is 3.19. The van der Waals surface area contributed by atoms with E-state index in [1.807, 2.05) is 0 Å². The fraction of sp³-hybridized carbons (Fsp3) is 0.556. The zero-order valence-electron chi connectivity index (χ0n) is 14.4. The summed E-state index contributed by atoms with van der Waals surface area (Å²) in [7, 11) is 0.